The van der Waals surface area contributed by atoms with E-state index in [1.807, 2.05) is 6.07 Å². The number of amides is 1. The molecule has 0 spiro atoms. The zero-order valence-corrected chi connectivity index (χ0v) is 14.2. The van der Waals surface area contributed by atoms with Crippen LogP contribution in [0, 0.1) is 11.3 Å². The van der Waals surface area contributed by atoms with E-state index in [4.69, 9.17) is 5.26 Å². The van der Waals surface area contributed by atoms with Crippen LogP contribution in [0.25, 0.3) is 0 Å². The van der Waals surface area contributed by atoms with E-state index < -0.39 is 17.6 Å². The number of nitrogens with one attached hydrogen (secondary N) is 2. The Morgan fingerprint density at radius 1 is 1.00 bits per heavy atom. The summed E-state index contributed by atoms with van der Waals surface area (Å²) in [5.74, 6) is -0.510. The summed E-state index contributed by atoms with van der Waals surface area (Å²) in [5, 5.41) is 21.5. The van der Waals surface area contributed by atoms with Gasteiger partial charge >= 0.3 is 6.18 Å². The minimum Gasteiger partial charge on any atom is -0.338 e. The minimum absolute atomic E-state index is 0.0305. The quantitative estimate of drug-likeness (QED) is 0.698. The molecule has 0 aliphatic rings. The molecule has 3 aromatic rings. The molecule has 0 radical (unpaired) electrons. The topological polar surface area (TPSA) is 90.7 Å². The van der Waals surface area contributed by atoms with Gasteiger partial charge in [-0.1, -0.05) is 18.2 Å². The zero-order valence-electron chi connectivity index (χ0n) is 14.2. The van der Waals surface area contributed by atoms with Gasteiger partial charge in [0.05, 0.1) is 22.9 Å². The molecule has 0 atom stereocenters. The van der Waals surface area contributed by atoms with Crippen molar-refractivity contribution in [2.24, 2.45) is 0 Å². The molecule has 1 aromatic heterocycles. The Bertz CT molecular complexity index is 1040. The van der Waals surface area contributed by atoms with Crippen molar-refractivity contribution in [3.8, 4) is 6.07 Å². The fourth-order valence-electron chi connectivity index (χ4n) is 2.36. The predicted octanol–water partition coefficient (Wildman–Crippen LogP) is 4.36. The van der Waals surface area contributed by atoms with Crippen molar-refractivity contribution in [2.45, 2.75) is 6.18 Å². The highest BCUT2D eigenvalue weighted by molar-refractivity contribution is 6.02. The van der Waals surface area contributed by atoms with Gasteiger partial charge in [0.2, 0.25) is 0 Å². The molecule has 140 valence electrons. The second-order valence-electron chi connectivity index (χ2n) is 5.62. The van der Waals surface area contributed by atoms with Crippen LogP contribution in [0.1, 0.15) is 21.6 Å². The molecule has 0 saturated heterocycles. The maximum Gasteiger partial charge on any atom is 0.418 e. The average molecular weight is 383 g/mol. The summed E-state index contributed by atoms with van der Waals surface area (Å²) in [6, 6.07) is 15.9. The molecule has 2 N–H and O–H groups in total. The van der Waals surface area contributed by atoms with Crippen LogP contribution < -0.4 is 10.6 Å². The maximum absolute atomic E-state index is 13.0. The molecule has 0 saturated carbocycles. The number of para-hydroxylation sites is 1. The lowest BCUT2D eigenvalue weighted by Gasteiger charge is -2.13. The van der Waals surface area contributed by atoms with E-state index >= 15 is 0 Å². The van der Waals surface area contributed by atoms with Crippen LogP contribution >= 0.6 is 0 Å². The van der Waals surface area contributed by atoms with Gasteiger partial charge in [0.15, 0.2) is 11.5 Å². The normalized spacial score (nSPS) is 10.8. The maximum atomic E-state index is 13.0. The van der Waals surface area contributed by atoms with E-state index in [0.29, 0.717) is 11.3 Å². The number of hydrogen-bond acceptors (Lipinski definition) is 5. The number of alkyl halides is 3. The third kappa shape index (κ3) is 4.42. The molecule has 1 amide bonds. The van der Waals surface area contributed by atoms with Gasteiger partial charge in [0.25, 0.3) is 5.91 Å². The van der Waals surface area contributed by atoms with Crippen molar-refractivity contribution < 1.29 is 18.0 Å². The Balaban J connectivity index is 1.74. The van der Waals surface area contributed by atoms with Crippen molar-refractivity contribution in [3.63, 3.8) is 0 Å². The Morgan fingerprint density at radius 3 is 2.46 bits per heavy atom. The second kappa shape index (κ2) is 7.75. The van der Waals surface area contributed by atoms with Gasteiger partial charge in [-0.25, -0.2) is 0 Å². The molecule has 6 nitrogen and oxygen atoms in total. The summed E-state index contributed by atoms with van der Waals surface area (Å²) in [5.41, 5.74) is -0.248. The van der Waals surface area contributed by atoms with Crippen LogP contribution in [0.15, 0.2) is 60.7 Å². The van der Waals surface area contributed by atoms with Crippen molar-refractivity contribution in [3.05, 3.63) is 77.5 Å². The molecule has 0 unspecified atom stereocenters. The van der Waals surface area contributed by atoms with Gasteiger partial charge < -0.3 is 10.6 Å². The third-order valence-electron chi connectivity index (χ3n) is 3.64. The van der Waals surface area contributed by atoms with Crippen molar-refractivity contribution in [2.75, 3.05) is 10.6 Å². The van der Waals surface area contributed by atoms with Crippen LogP contribution in [-0.4, -0.2) is 16.1 Å². The monoisotopic (exact) mass is 383 g/mol. The van der Waals surface area contributed by atoms with Crippen LogP contribution in [0.4, 0.5) is 30.4 Å². The van der Waals surface area contributed by atoms with Gasteiger partial charge in [-0.3, -0.25) is 4.79 Å². The summed E-state index contributed by atoms with van der Waals surface area (Å²) in [7, 11) is 0. The summed E-state index contributed by atoms with van der Waals surface area (Å²) in [6.45, 7) is 0. The Kier molecular flexibility index (Phi) is 5.22. The zero-order chi connectivity index (χ0) is 20.1. The first kappa shape index (κ1) is 18.8. The van der Waals surface area contributed by atoms with Gasteiger partial charge in [-0.05, 0) is 42.5 Å². The first-order valence-electron chi connectivity index (χ1n) is 7.95. The molecule has 0 fully saturated rings. The largest absolute Gasteiger partial charge is 0.418 e. The number of halogens is 3. The second-order valence-corrected chi connectivity index (χ2v) is 5.62. The molecule has 0 bridgehead atoms. The number of nitriles is 1. The molecule has 0 aliphatic heterocycles. The highest BCUT2D eigenvalue weighted by Gasteiger charge is 2.33. The number of aromatic nitrogens is 2. The van der Waals surface area contributed by atoms with E-state index in [2.05, 4.69) is 20.8 Å². The Hall–Kier alpha value is -3.93. The Labute approximate surface area is 157 Å². The number of anilines is 3. The molecule has 2 aromatic carbocycles. The van der Waals surface area contributed by atoms with Crippen LogP contribution in [-0.2, 0) is 6.18 Å². The number of nitrogens with zero attached hydrogens (tertiary/aromatic N) is 3. The van der Waals surface area contributed by atoms with Crippen molar-refractivity contribution in [1.29, 1.82) is 5.26 Å². The van der Waals surface area contributed by atoms with Crippen molar-refractivity contribution >= 4 is 23.1 Å². The lowest BCUT2D eigenvalue weighted by Crippen LogP contribution is -2.15. The fraction of sp³-hybridized carbons (Fsp3) is 0.0526. The highest BCUT2D eigenvalue weighted by Crippen LogP contribution is 2.35. The standard InChI is InChI=1S/C19H12F3N5O/c20-19(21,22)14-6-1-2-7-15(14)25-17-9-8-16(26-27-17)18(28)24-13-5-3-4-12(10-13)11-23/h1-10H,(H,24,28)(H,25,27). The first-order valence-corrected chi connectivity index (χ1v) is 7.95. The lowest BCUT2D eigenvalue weighted by molar-refractivity contribution is -0.136. The summed E-state index contributed by atoms with van der Waals surface area (Å²) < 4.78 is 39.1. The predicted molar refractivity (Wildman–Crippen MR) is 95.9 cm³/mol. The number of benzene rings is 2. The number of hydrogen-bond donors (Lipinski definition) is 2. The smallest absolute Gasteiger partial charge is 0.338 e. The van der Waals surface area contributed by atoms with Gasteiger partial charge in [0.1, 0.15) is 0 Å². The minimum atomic E-state index is -4.52. The average Bonchev–Trinajstić information content (AvgIpc) is 2.68. The van der Waals surface area contributed by atoms with Crippen LogP contribution in [0.3, 0.4) is 0 Å². The molecular weight excluding hydrogens is 371 g/mol. The molecule has 3 rings (SSSR count). The van der Waals surface area contributed by atoms with Crippen molar-refractivity contribution in [1.82, 2.24) is 10.2 Å². The van der Waals surface area contributed by atoms with Crippen LogP contribution in [0.5, 0.6) is 0 Å². The molecule has 1 heterocycles. The molecule has 0 aliphatic carbocycles. The third-order valence-corrected chi connectivity index (χ3v) is 3.64. The summed E-state index contributed by atoms with van der Waals surface area (Å²) in [6.07, 6.45) is -4.52. The summed E-state index contributed by atoms with van der Waals surface area (Å²) >= 11 is 0. The fourth-order valence-corrected chi connectivity index (χ4v) is 2.36. The molecular formula is C19H12F3N5O. The summed E-state index contributed by atoms with van der Waals surface area (Å²) in [4.78, 5) is 12.2. The van der Waals surface area contributed by atoms with E-state index in [9.17, 15) is 18.0 Å². The van der Waals surface area contributed by atoms with E-state index in [0.717, 1.165) is 6.07 Å². The molecule has 28 heavy (non-hydrogen) atoms. The SMILES string of the molecule is N#Cc1cccc(NC(=O)c2ccc(Nc3ccccc3C(F)(F)F)nn2)c1. The lowest BCUT2D eigenvalue weighted by atomic mass is 10.1. The van der Waals surface area contributed by atoms with E-state index in [1.165, 1.54) is 36.4 Å². The highest BCUT2D eigenvalue weighted by atomic mass is 19.4. The van der Waals surface area contributed by atoms with Gasteiger partial charge in [-0.15, -0.1) is 10.2 Å². The number of carbonyl (C=O) groups excluding carboxylic acids is 1. The van der Waals surface area contributed by atoms with Crippen LogP contribution in [0.2, 0.25) is 0 Å². The van der Waals surface area contributed by atoms with Gasteiger partial charge in [-0.2, -0.15) is 18.4 Å². The number of rotatable bonds is 4. The van der Waals surface area contributed by atoms with E-state index in [-0.39, 0.29) is 17.2 Å². The van der Waals surface area contributed by atoms with Gasteiger partial charge in [0, 0.05) is 5.69 Å². The Morgan fingerprint density at radius 2 is 1.79 bits per heavy atom. The number of carbonyl (C=O) groups is 1. The first-order chi connectivity index (χ1) is 13.4. The van der Waals surface area contributed by atoms with E-state index in [1.54, 1.807) is 18.2 Å². The molecule has 9 heteroatoms.